The number of H-pyrrole nitrogens is 10. The summed E-state index contributed by atoms with van der Waals surface area (Å²) in [7, 11) is 0. The maximum absolute atomic E-state index is 4.62. The Labute approximate surface area is 844 Å². The number of benzene rings is 20. The van der Waals surface area contributed by atoms with Gasteiger partial charge < -0.3 is 49.8 Å². The Morgan fingerprint density at radius 1 is 0.0733 bits per heavy atom. The van der Waals surface area contributed by atoms with E-state index in [1.54, 1.807) is 0 Å². The molecule has 11 aliphatic rings. The third-order valence-corrected chi connectivity index (χ3v) is 36.9. The first-order valence-electron chi connectivity index (χ1n) is 52.4. The van der Waals surface area contributed by atoms with Crippen molar-refractivity contribution in [3.63, 3.8) is 0 Å². The molecule has 0 amide bonds. The Bertz CT molecular complexity index is 10300. The van der Waals surface area contributed by atoms with E-state index in [9.17, 15) is 0 Å². The Morgan fingerprint density at radius 2 is 0.133 bits per heavy atom. The van der Waals surface area contributed by atoms with E-state index in [0.29, 0.717) is 0 Å². The SMILES string of the molecule is c1cc2c3c(cccc3c1)-c1c-2c2[nH]c1=c1[nH]c(c3c1-c1cccc4cccc-3c14)=c1[nH]c(c3c1-c1cccc4cccc-3c14)=c1[nH]c(c3c1-c1cccc4cccc-3c14)=c1[nH]c(c3c1-c1cccc4cccc-3c14)=c1[nH]c(c3c1-c1cccc4cccc-3c14)=c1[nH]c(c3c1-c1cccc4cccc-3c14)=c1[nH]c(c3c1-c1cccc4cccc-3c14)=c1[nH]c(c3c1-c1cccc4cccc-3c14)=c1[nH]c=2c2c1-c1cccc3cccc-2c13. The van der Waals surface area contributed by atoms with Gasteiger partial charge in [-0.2, -0.15) is 0 Å². The first kappa shape index (κ1) is 74.7. The van der Waals surface area contributed by atoms with E-state index in [-0.39, 0.29) is 0 Å². The molecule has 680 valence electrons. The van der Waals surface area contributed by atoms with Crippen LogP contribution in [0.5, 0.6) is 0 Å². The van der Waals surface area contributed by atoms with Crippen LogP contribution in [0.1, 0.15) is 0 Å². The maximum Gasteiger partial charge on any atom is 0.0717 e. The fourth-order valence-corrected chi connectivity index (χ4v) is 31.7. The molecule has 0 spiro atoms. The maximum atomic E-state index is 4.62. The van der Waals surface area contributed by atoms with E-state index in [2.05, 4.69) is 414 Å². The van der Waals surface area contributed by atoms with Crippen LogP contribution in [-0.4, -0.2) is 49.8 Å². The Kier molecular flexibility index (Phi) is 12.5. The molecular weight excluding hydrogens is 1820 g/mol. The summed E-state index contributed by atoms with van der Waals surface area (Å²) in [6.07, 6.45) is 0. The van der Waals surface area contributed by atoms with Crippen molar-refractivity contribution >= 4 is 108 Å². The monoisotopic (exact) mass is 1890 g/mol. The lowest BCUT2D eigenvalue weighted by molar-refractivity contribution is 1.11. The van der Waals surface area contributed by atoms with Crippen LogP contribution in [0.15, 0.2) is 364 Å². The molecule has 0 saturated heterocycles. The highest BCUT2D eigenvalue weighted by atomic mass is 14.9. The van der Waals surface area contributed by atoms with E-state index in [1.165, 1.54) is 330 Å². The molecule has 20 bridgehead atoms. The Hall–Kier alpha value is -20.2. The second-order valence-corrected chi connectivity index (χ2v) is 43.3. The lowest BCUT2D eigenvalue weighted by Crippen LogP contribution is -1.87. The molecule has 10 heteroatoms. The quantitative estimate of drug-likeness (QED) is 0.0702. The van der Waals surface area contributed by atoms with Gasteiger partial charge in [0.05, 0.1) is 107 Å². The summed E-state index contributed by atoms with van der Waals surface area (Å²) in [6, 6.07) is 140. The molecule has 0 unspecified atom stereocenters. The van der Waals surface area contributed by atoms with Crippen molar-refractivity contribution in [2.45, 2.75) is 0 Å². The van der Waals surface area contributed by atoms with Crippen molar-refractivity contribution in [1.29, 1.82) is 0 Å². The minimum Gasteiger partial charge on any atom is -0.351 e. The highest BCUT2D eigenvalue weighted by molar-refractivity contribution is 6.27. The van der Waals surface area contributed by atoms with Gasteiger partial charge in [-0.25, -0.2) is 0 Å². The molecule has 150 heavy (non-hydrogen) atoms. The van der Waals surface area contributed by atoms with Crippen molar-refractivity contribution in [2.24, 2.45) is 0 Å². The summed E-state index contributed by atoms with van der Waals surface area (Å²) >= 11 is 0. The molecule has 30 aromatic rings. The second kappa shape index (κ2) is 25.0. The Balaban J connectivity index is 0.794. The molecule has 10 N–H and O–H groups in total. The molecule has 10 aromatic heterocycles. The van der Waals surface area contributed by atoms with Gasteiger partial charge in [0.15, 0.2) is 0 Å². The van der Waals surface area contributed by atoms with Gasteiger partial charge in [0, 0.05) is 111 Å². The topological polar surface area (TPSA) is 158 Å². The van der Waals surface area contributed by atoms with Gasteiger partial charge >= 0.3 is 0 Å². The third-order valence-electron chi connectivity index (χ3n) is 36.9. The fourth-order valence-electron chi connectivity index (χ4n) is 31.7. The van der Waals surface area contributed by atoms with Crippen LogP contribution in [0.4, 0.5) is 0 Å². The largest absolute Gasteiger partial charge is 0.351 e. The summed E-state index contributed by atoms with van der Waals surface area (Å²) in [4.78, 5) is 46.2. The van der Waals surface area contributed by atoms with Crippen LogP contribution in [0.3, 0.4) is 0 Å². The van der Waals surface area contributed by atoms with Crippen LogP contribution in [0.2, 0.25) is 0 Å². The number of rotatable bonds is 0. The number of hydrogen-bond acceptors (Lipinski definition) is 0. The molecule has 0 radical (unpaired) electrons. The summed E-state index contributed by atoms with van der Waals surface area (Å²) < 4.78 is 0. The van der Waals surface area contributed by atoms with Crippen molar-refractivity contribution < 1.29 is 0 Å². The lowest BCUT2D eigenvalue weighted by Gasteiger charge is -2.04. The fraction of sp³-hybridized carbons (Fsp3) is 0. The first-order valence-corrected chi connectivity index (χ1v) is 52.4. The second-order valence-electron chi connectivity index (χ2n) is 43.3. The van der Waals surface area contributed by atoms with Gasteiger partial charge in [0.2, 0.25) is 0 Å². The van der Waals surface area contributed by atoms with Crippen LogP contribution < -0.4 is 0 Å². The van der Waals surface area contributed by atoms with Gasteiger partial charge in [-0.3, -0.25) is 0 Å². The number of hydrogen-bond donors (Lipinski definition) is 10. The lowest BCUT2D eigenvalue weighted by atomic mass is 10.0. The van der Waals surface area contributed by atoms with Crippen molar-refractivity contribution in [1.82, 2.24) is 49.8 Å². The average Bonchev–Trinajstić information content (AvgIpc) is 1.51. The van der Waals surface area contributed by atoms with Gasteiger partial charge in [-0.05, 0) is 219 Å². The van der Waals surface area contributed by atoms with Gasteiger partial charge in [-0.1, -0.05) is 364 Å². The van der Waals surface area contributed by atoms with E-state index in [0.717, 1.165) is 107 Å². The number of aromatic amines is 10. The van der Waals surface area contributed by atoms with E-state index in [1.807, 2.05) is 0 Å². The number of aromatic nitrogens is 10. The van der Waals surface area contributed by atoms with E-state index in [4.69, 9.17) is 0 Å². The molecule has 11 aliphatic carbocycles. The molecule has 10 nitrogen and oxygen atoms in total. The zero-order valence-electron chi connectivity index (χ0n) is 79.6. The molecule has 10 heterocycles. The van der Waals surface area contributed by atoms with Crippen LogP contribution in [0, 0.1) is 107 Å². The molecule has 0 atom stereocenters. The predicted molar refractivity (Wildman–Crippen MR) is 604 cm³/mol. The molecule has 0 saturated carbocycles. The standard InChI is InChI=1S/C140H70N10/c1-21-61-22-2-42-72-91(61)71(41-1)101-102(72)122-124-105-75-45-5-25-63-26-6-46-76(93(63)75)106(105)127(143-124)128-109-79-49-9-29-65-30-10-50-80(95(65)79)110(109)131(145-128)132-113-83-53-13-33-67-34-14-54-84(97(67)83)114(113)135(147-132)136-117-87-57-17-37-69-38-18-58-88(99(69)87)118(117)139(149-136)140-120-90-60-20-40-70-39-19-59-89(100(70)90)119(120)138(150-140)137-116-86-56-16-36-68-35-15-55-85(98(68)86)115(116)134(148-137)133-112-82-52-12-32-66-31-11-51-81(96(66)82)111(112)130(146-133)129-108-78-48-8-28-64-27-7-47-77(94(64)78)107(108)126(144-129)125-104-74-44-4-24-62-23-3-43-73(92(62)74)103(104)123(142-125)121(101)141-122/h1-60,141-150H. The van der Waals surface area contributed by atoms with Crippen LogP contribution in [0.25, 0.3) is 330 Å². The molecular formula is C140H70N10. The zero-order valence-corrected chi connectivity index (χ0v) is 79.6. The zero-order chi connectivity index (χ0) is 95.7. The Morgan fingerprint density at radius 3 is 0.193 bits per heavy atom. The molecule has 0 fully saturated rings. The summed E-state index contributed by atoms with van der Waals surface area (Å²) in [6.45, 7) is 0. The molecule has 41 rings (SSSR count). The minimum atomic E-state index is 1.02. The smallest absolute Gasteiger partial charge is 0.0717 e. The minimum absolute atomic E-state index is 1.02. The highest BCUT2D eigenvalue weighted by Crippen LogP contribution is 2.63. The van der Waals surface area contributed by atoms with Crippen molar-refractivity contribution in [3.05, 3.63) is 471 Å². The van der Waals surface area contributed by atoms with Gasteiger partial charge in [0.1, 0.15) is 0 Å². The van der Waals surface area contributed by atoms with E-state index < -0.39 is 0 Å². The predicted octanol–water partition coefficient (Wildman–Crippen LogP) is 34.2. The summed E-state index contributed by atoms with van der Waals surface area (Å²) in [5, 5.41) is 45.0. The summed E-state index contributed by atoms with van der Waals surface area (Å²) in [5.41, 5.74) is 47.3. The van der Waals surface area contributed by atoms with Gasteiger partial charge in [0.25, 0.3) is 0 Å². The van der Waals surface area contributed by atoms with Gasteiger partial charge in [-0.15, -0.1) is 0 Å². The highest BCUT2D eigenvalue weighted by Gasteiger charge is 2.42. The van der Waals surface area contributed by atoms with E-state index >= 15 is 0 Å². The first-order chi connectivity index (χ1) is 74.5. The summed E-state index contributed by atoms with van der Waals surface area (Å²) in [5.74, 6) is 0. The number of nitrogens with one attached hydrogen (secondary N) is 10. The van der Waals surface area contributed by atoms with Crippen molar-refractivity contribution in [3.8, 4) is 223 Å². The van der Waals surface area contributed by atoms with Crippen molar-refractivity contribution in [2.75, 3.05) is 0 Å². The average molecular weight is 1890 g/mol. The molecule has 20 aromatic carbocycles. The normalized spacial score (nSPS) is 13.3. The molecule has 0 aliphatic heterocycles. The van der Waals surface area contributed by atoms with Crippen LogP contribution in [-0.2, 0) is 0 Å². The van der Waals surface area contributed by atoms with Crippen LogP contribution >= 0.6 is 0 Å². The third kappa shape index (κ3) is 8.23.